The molecule has 5 heteroatoms. The van der Waals surface area contributed by atoms with Crippen LogP contribution in [0.1, 0.15) is 22.6 Å². The number of carbonyl (C=O) groups is 1. The summed E-state index contributed by atoms with van der Waals surface area (Å²) in [5.41, 5.74) is 2.57. The number of halogens is 1. The number of rotatable bonds is 5. The van der Waals surface area contributed by atoms with E-state index in [-0.39, 0.29) is 18.1 Å². The van der Waals surface area contributed by atoms with Crippen molar-refractivity contribution in [3.8, 4) is 0 Å². The molecule has 0 saturated carbocycles. The molecule has 0 bridgehead atoms. The standard InChI is InChI=1S/C15H17FN2O2/c1-10-14(11(2)20-18-10)9-15(19)17-8-7-12-3-5-13(16)6-4-12/h3-6H,7-9H2,1-2H3,(H,17,19). The van der Waals surface area contributed by atoms with Gasteiger partial charge < -0.3 is 9.84 Å². The molecule has 2 aromatic rings. The summed E-state index contributed by atoms with van der Waals surface area (Å²) in [4.78, 5) is 11.8. The van der Waals surface area contributed by atoms with Gasteiger partial charge >= 0.3 is 0 Å². The van der Waals surface area contributed by atoms with Crippen LogP contribution in [-0.4, -0.2) is 17.6 Å². The van der Waals surface area contributed by atoms with E-state index in [1.807, 2.05) is 6.92 Å². The first-order chi connectivity index (χ1) is 9.56. The van der Waals surface area contributed by atoms with Gasteiger partial charge in [0.2, 0.25) is 5.91 Å². The Labute approximate surface area is 117 Å². The smallest absolute Gasteiger partial charge is 0.224 e. The Morgan fingerprint density at radius 1 is 1.30 bits per heavy atom. The number of benzene rings is 1. The third-order valence-electron chi connectivity index (χ3n) is 3.17. The van der Waals surface area contributed by atoms with Gasteiger partial charge in [-0.05, 0) is 38.0 Å². The maximum atomic E-state index is 12.7. The van der Waals surface area contributed by atoms with Gasteiger partial charge in [-0.3, -0.25) is 4.79 Å². The molecule has 1 amide bonds. The number of amides is 1. The van der Waals surface area contributed by atoms with E-state index in [4.69, 9.17) is 4.52 Å². The fourth-order valence-electron chi connectivity index (χ4n) is 1.97. The fourth-order valence-corrected chi connectivity index (χ4v) is 1.97. The molecule has 0 aliphatic rings. The highest BCUT2D eigenvalue weighted by Gasteiger charge is 2.12. The molecule has 1 aromatic carbocycles. The molecule has 4 nitrogen and oxygen atoms in total. The van der Waals surface area contributed by atoms with Gasteiger partial charge in [0.15, 0.2) is 0 Å². The van der Waals surface area contributed by atoms with Crippen LogP contribution in [-0.2, 0) is 17.6 Å². The third-order valence-corrected chi connectivity index (χ3v) is 3.17. The lowest BCUT2D eigenvalue weighted by atomic mass is 10.1. The number of hydrogen-bond acceptors (Lipinski definition) is 3. The molecule has 0 radical (unpaired) electrons. The number of carbonyl (C=O) groups excluding carboxylic acids is 1. The van der Waals surface area contributed by atoms with Crippen LogP contribution in [0.5, 0.6) is 0 Å². The van der Waals surface area contributed by atoms with Crippen molar-refractivity contribution in [3.63, 3.8) is 0 Å². The van der Waals surface area contributed by atoms with Crippen molar-refractivity contribution in [2.45, 2.75) is 26.7 Å². The first kappa shape index (κ1) is 14.2. The molecule has 0 atom stereocenters. The van der Waals surface area contributed by atoms with E-state index in [0.717, 1.165) is 16.8 Å². The summed E-state index contributed by atoms with van der Waals surface area (Å²) in [5, 5.41) is 6.65. The van der Waals surface area contributed by atoms with E-state index in [1.54, 1.807) is 19.1 Å². The summed E-state index contributed by atoms with van der Waals surface area (Å²) < 4.78 is 17.8. The molecule has 0 saturated heterocycles. The van der Waals surface area contributed by atoms with Crippen molar-refractivity contribution in [2.75, 3.05) is 6.54 Å². The van der Waals surface area contributed by atoms with Gasteiger partial charge in [0, 0.05) is 12.1 Å². The zero-order chi connectivity index (χ0) is 14.5. The van der Waals surface area contributed by atoms with Crippen LogP contribution >= 0.6 is 0 Å². The van der Waals surface area contributed by atoms with E-state index in [9.17, 15) is 9.18 Å². The summed E-state index contributed by atoms with van der Waals surface area (Å²) in [6.45, 7) is 4.13. The van der Waals surface area contributed by atoms with Crippen molar-refractivity contribution >= 4 is 5.91 Å². The van der Waals surface area contributed by atoms with Crippen LogP contribution in [0.3, 0.4) is 0 Å². The monoisotopic (exact) mass is 276 g/mol. The second-order valence-electron chi connectivity index (χ2n) is 4.71. The van der Waals surface area contributed by atoms with Gasteiger partial charge in [-0.25, -0.2) is 4.39 Å². The SMILES string of the molecule is Cc1noc(C)c1CC(=O)NCCc1ccc(F)cc1. The molecule has 1 heterocycles. The quantitative estimate of drug-likeness (QED) is 0.912. The molecule has 1 aromatic heterocycles. The molecule has 2 rings (SSSR count). The molecule has 0 spiro atoms. The average Bonchev–Trinajstić information content (AvgIpc) is 2.73. The van der Waals surface area contributed by atoms with Crippen molar-refractivity contribution in [1.29, 1.82) is 0 Å². The summed E-state index contributed by atoms with van der Waals surface area (Å²) in [5.74, 6) is 0.355. The van der Waals surface area contributed by atoms with Crippen LogP contribution in [0.15, 0.2) is 28.8 Å². The van der Waals surface area contributed by atoms with Gasteiger partial charge in [0.1, 0.15) is 11.6 Å². The fraction of sp³-hybridized carbons (Fsp3) is 0.333. The molecule has 0 unspecified atom stereocenters. The molecule has 0 aliphatic carbocycles. The van der Waals surface area contributed by atoms with Crippen LogP contribution in [0.2, 0.25) is 0 Å². The Hall–Kier alpha value is -2.17. The Balaban J connectivity index is 1.80. The molecule has 20 heavy (non-hydrogen) atoms. The lowest BCUT2D eigenvalue weighted by Crippen LogP contribution is -2.27. The van der Waals surface area contributed by atoms with E-state index < -0.39 is 0 Å². The van der Waals surface area contributed by atoms with Gasteiger partial charge in [0.25, 0.3) is 0 Å². The highest BCUT2D eigenvalue weighted by molar-refractivity contribution is 5.78. The molecular formula is C15H17FN2O2. The predicted octanol–water partition coefficient (Wildman–Crippen LogP) is 2.33. The number of aromatic nitrogens is 1. The first-order valence-electron chi connectivity index (χ1n) is 6.49. The van der Waals surface area contributed by atoms with E-state index in [1.165, 1.54) is 12.1 Å². The number of aryl methyl sites for hydroxylation is 2. The van der Waals surface area contributed by atoms with Crippen LogP contribution in [0, 0.1) is 19.7 Å². The van der Waals surface area contributed by atoms with Gasteiger partial charge in [0.05, 0.1) is 12.1 Å². The Morgan fingerprint density at radius 2 is 2.00 bits per heavy atom. The summed E-state index contributed by atoms with van der Waals surface area (Å²) in [6, 6.07) is 6.27. The molecule has 0 aliphatic heterocycles. The third kappa shape index (κ3) is 3.66. The second kappa shape index (κ2) is 6.32. The summed E-state index contributed by atoms with van der Waals surface area (Å²) >= 11 is 0. The topological polar surface area (TPSA) is 55.1 Å². The second-order valence-corrected chi connectivity index (χ2v) is 4.71. The van der Waals surface area contributed by atoms with Crippen LogP contribution in [0.4, 0.5) is 4.39 Å². The lowest BCUT2D eigenvalue weighted by molar-refractivity contribution is -0.120. The highest BCUT2D eigenvalue weighted by atomic mass is 19.1. The zero-order valence-corrected chi connectivity index (χ0v) is 11.6. The largest absolute Gasteiger partial charge is 0.361 e. The highest BCUT2D eigenvalue weighted by Crippen LogP contribution is 2.12. The minimum Gasteiger partial charge on any atom is -0.361 e. The minimum absolute atomic E-state index is 0.0680. The number of hydrogen-bond donors (Lipinski definition) is 1. The average molecular weight is 276 g/mol. The van der Waals surface area contributed by atoms with E-state index >= 15 is 0 Å². The van der Waals surface area contributed by atoms with Gasteiger partial charge in [-0.2, -0.15) is 0 Å². The Bertz CT molecular complexity index is 571. The molecule has 106 valence electrons. The lowest BCUT2D eigenvalue weighted by Gasteiger charge is -2.05. The summed E-state index contributed by atoms with van der Waals surface area (Å²) in [6.07, 6.45) is 0.943. The maximum absolute atomic E-state index is 12.7. The normalized spacial score (nSPS) is 10.6. The zero-order valence-electron chi connectivity index (χ0n) is 11.6. The maximum Gasteiger partial charge on any atom is 0.224 e. The first-order valence-corrected chi connectivity index (χ1v) is 6.49. The molecule has 0 fully saturated rings. The minimum atomic E-state index is -0.254. The van der Waals surface area contributed by atoms with Crippen molar-refractivity contribution in [2.24, 2.45) is 0 Å². The molecular weight excluding hydrogens is 259 g/mol. The summed E-state index contributed by atoms with van der Waals surface area (Å²) in [7, 11) is 0. The van der Waals surface area contributed by atoms with Crippen molar-refractivity contribution in [3.05, 3.63) is 52.7 Å². The Morgan fingerprint density at radius 3 is 2.60 bits per heavy atom. The van der Waals surface area contributed by atoms with Gasteiger partial charge in [-0.15, -0.1) is 0 Å². The van der Waals surface area contributed by atoms with Crippen molar-refractivity contribution < 1.29 is 13.7 Å². The number of nitrogens with one attached hydrogen (secondary N) is 1. The van der Waals surface area contributed by atoms with Gasteiger partial charge in [-0.1, -0.05) is 17.3 Å². The van der Waals surface area contributed by atoms with E-state index in [2.05, 4.69) is 10.5 Å². The predicted molar refractivity (Wildman–Crippen MR) is 72.8 cm³/mol. The number of nitrogens with zero attached hydrogens (tertiary/aromatic N) is 1. The van der Waals surface area contributed by atoms with E-state index in [0.29, 0.717) is 18.7 Å². The van der Waals surface area contributed by atoms with Crippen molar-refractivity contribution in [1.82, 2.24) is 10.5 Å². The Kier molecular flexibility index (Phi) is 4.50. The van der Waals surface area contributed by atoms with Crippen LogP contribution in [0.25, 0.3) is 0 Å². The molecule has 1 N–H and O–H groups in total. The van der Waals surface area contributed by atoms with Crippen LogP contribution < -0.4 is 5.32 Å².